The molecule has 0 saturated heterocycles. The van der Waals surface area contributed by atoms with Crippen LogP contribution in [-0.4, -0.2) is 29.2 Å². The summed E-state index contributed by atoms with van der Waals surface area (Å²) in [6.07, 6.45) is -0.552. The smallest absolute Gasteiger partial charge is 0.413 e. The number of thiazole rings is 1. The third-order valence-corrected chi connectivity index (χ3v) is 6.59. The number of benzene rings is 2. The Kier molecular flexibility index (Phi) is 9.30. The van der Waals surface area contributed by atoms with Crippen molar-refractivity contribution in [2.75, 3.05) is 17.8 Å². The fraction of sp³-hybridized carbons (Fsp3) is 0.370. The number of nitrogens with zero attached hydrogens (tertiary/aromatic N) is 2. The van der Waals surface area contributed by atoms with Crippen LogP contribution in [0.15, 0.2) is 41.8 Å². The summed E-state index contributed by atoms with van der Waals surface area (Å²) in [5.74, 6) is 1.75. The Balaban J connectivity index is 1.66. The molecular formula is C27H29Cl2N3O4S. The number of rotatable bonds is 9. The van der Waals surface area contributed by atoms with Crippen LogP contribution in [0.1, 0.15) is 56.3 Å². The molecule has 3 rings (SSSR count). The summed E-state index contributed by atoms with van der Waals surface area (Å²) >= 11 is 13.5. The molecule has 0 saturated carbocycles. The van der Waals surface area contributed by atoms with E-state index in [1.165, 1.54) is 11.3 Å². The molecule has 0 aliphatic rings. The van der Waals surface area contributed by atoms with Crippen LogP contribution in [-0.2, 0) is 16.8 Å². The van der Waals surface area contributed by atoms with E-state index in [1.807, 2.05) is 30.3 Å². The molecule has 1 heterocycles. The van der Waals surface area contributed by atoms with Gasteiger partial charge in [0.2, 0.25) is 0 Å². The predicted octanol–water partition coefficient (Wildman–Crippen LogP) is 7.54. The van der Waals surface area contributed by atoms with Crippen LogP contribution >= 0.6 is 34.5 Å². The maximum Gasteiger partial charge on any atom is 0.413 e. The van der Waals surface area contributed by atoms with Crippen LogP contribution < -0.4 is 14.8 Å². The van der Waals surface area contributed by atoms with Crippen molar-refractivity contribution in [3.05, 3.63) is 68.5 Å². The molecule has 1 amide bonds. The molecule has 0 fully saturated rings. The van der Waals surface area contributed by atoms with Crippen LogP contribution in [0.25, 0.3) is 0 Å². The SMILES string of the molecule is CC(C)(C)OC(=O)Nc1csc(COc2ccc(C(C)(C)c3cc(Cl)c(OCCCl)c(C#N)c3)cc2)n1. The zero-order valence-electron chi connectivity index (χ0n) is 21.4. The number of nitriles is 1. The molecule has 1 N–H and O–H groups in total. The lowest BCUT2D eigenvalue weighted by molar-refractivity contribution is 0.0635. The van der Waals surface area contributed by atoms with Gasteiger partial charge in [0.05, 0.1) is 16.5 Å². The van der Waals surface area contributed by atoms with Crippen molar-refractivity contribution in [3.8, 4) is 17.6 Å². The molecule has 196 valence electrons. The van der Waals surface area contributed by atoms with E-state index in [4.69, 9.17) is 37.4 Å². The molecule has 2 aromatic carbocycles. The normalized spacial score (nSPS) is 11.5. The Labute approximate surface area is 231 Å². The number of carbonyl (C=O) groups excluding carboxylic acids is 1. The molecule has 1 aromatic heterocycles. The second-order valence-electron chi connectivity index (χ2n) is 9.68. The van der Waals surface area contributed by atoms with E-state index in [1.54, 1.807) is 32.2 Å². The summed E-state index contributed by atoms with van der Waals surface area (Å²) in [6.45, 7) is 10.0. The van der Waals surface area contributed by atoms with Crippen molar-refractivity contribution in [2.24, 2.45) is 0 Å². The Hall–Kier alpha value is -2.99. The van der Waals surface area contributed by atoms with E-state index in [-0.39, 0.29) is 13.2 Å². The second-order valence-corrected chi connectivity index (χ2v) is 11.4. The largest absolute Gasteiger partial charge is 0.489 e. The number of aromatic nitrogens is 1. The first-order valence-corrected chi connectivity index (χ1v) is 13.3. The number of alkyl halides is 1. The van der Waals surface area contributed by atoms with Gasteiger partial charge in [-0.1, -0.05) is 37.6 Å². The van der Waals surface area contributed by atoms with Crippen LogP contribution in [0.4, 0.5) is 10.6 Å². The molecule has 37 heavy (non-hydrogen) atoms. The van der Waals surface area contributed by atoms with E-state index in [0.29, 0.717) is 38.8 Å². The second kappa shape index (κ2) is 12.0. The molecule has 0 aliphatic heterocycles. The number of amides is 1. The first-order chi connectivity index (χ1) is 17.4. The topological polar surface area (TPSA) is 93.5 Å². The average molecular weight is 563 g/mol. The first kappa shape index (κ1) is 28.6. The van der Waals surface area contributed by atoms with E-state index in [9.17, 15) is 10.1 Å². The van der Waals surface area contributed by atoms with Crippen molar-refractivity contribution in [1.82, 2.24) is 4.98 Å². The molecule has 0 aliphatic carbocycles. The maximum absolute atomic E-state index is 11.9. The number of halogens is 2. The molecule has 3 aromatic rings. The Bertz CT molecular complexity index is 1280. The third kappa shape index (κ3) is 7.75. The van der Waals surface area contributed by atoms with Gasteiger partial charge in [-0.25, -0.2) is 9.78 Å². The highest BCUT2D eigenvalue weighted by Gasteiger charge is 2.26. The average Bonchev–Trinajstić information content (AvgIpc) is 3.27. The predicted molar refractivity (Wildman–Crippen MR) is 147 cm³/mol. The minimum atomic E-state index is -0.584. The molecule has 10 heteroatoms. The summed E-state index contributed by atoms with van der Waals surface area (Å²) in [4.78, 5) is 16.3. The number of nitrogens with one attached hydrogen (secondary N) is 1. The van der Waals surface area contributed by atoms with Gasteiger partial charge in [-0.05, 0) is 56.2 Å². The van der Waals surface area contributed by atoms with Gasteiger partial charge in [-0.3, -0.25) is 5.32 Å². The zero-order chi connectivity index (χ0) is 27.2. The Morgan fingerprint density at radius 1 is 1.11 bits per heavy atom. The van der Waals surface area contributed by atoms with Crippen molar-refractivity contribution in [1.29, 1.82) is 5.26 Å². The molecule has 0 spiro atoms. The van der Waals surface area contributed by atoms with Gasteiger partial charge >= 0.3 is 6.09 Å². The zero-order valence-corrected chi connectivity index (χ0v) is 23.7. The van der Waals surface area contributed by atoms with Crippen LogP contribution in [0.3, 0.4) is 0 Å². The lowest BCUT2D eigenvalue weighted by atomic mass is 9.77. The van der Waals surface area contributed by atoms with Gasteiger partial charge in [-0.15, -0.1) is 22.9 Å². The highest BCUT2D eigenvalue weighted by atomic mass is 35.5. The van der Waals surface area contributed by atoms with Gasteiger partial charge in [0.25, 0.3) is 0 Å². The Morgan fingerprint density at radius 2 is 1.81 bits per heavy atom. The van der Waals surface area contributed by atoms with Crippen LogP contribution in [0.5, 0.6) is 11.5 Å². The maximum atomic E-state index is 11.9. The number of hydrogen-bond acceptors (Lipinski definition) is 7. The molecule has 0 unspecified atom stereocenters. The van der Waals surface area contributed by atoms with Gasteiger partial charge in [0.1, 0.15) is 41.5 Å². The number of carbonyl (C=O) groups is 1. The fourth-order valence-corrected chi connectivity index (χ4v) is 4.44. The lowest BCUT2D eigenvalue weighted by Crippen LogP contribution is -2.27. The van der Waals surface area contributed by atoms with E-state index in [2.05, 4.69) is 30.2 Å². The van der Waals surface area contributed by atoms with Crippen molar-refractivity contribution >= 4 is 46.4 Å². The fourth-order valence-electron chi connectivity index (χ4n) is 3.45. The number of anilines is 1. The highest BCUT2D eigenvalue weighted by molar-refractivity contribution is 7.10. The van der Waals surface area contributed by atoms with Gasteiger partial charge in [0.15, 0.2) is 5.75 Å². The molecule has 7 nitrogen and oxygen atoms in total. The summed E-state index contributed by atoms with van der Waals surface area (Å²) < 4.78 is 16.7. The van der Waals surface area contributed by atoms with Gasteiger partial charge < -0.3 is 14.2 Å². The van der Waals surface area contributed by atoms with Crippen molar-refractivity contribution in [2.45, 2.75) is 52.2 Å². The first-order valence-electron chi connectivity index (χ1n) is 11.5. The number of ether oxygens (including phenoxy) is 3. The molecule has 0 bridgehead atoms. The number of hydrogen-bond donors (Lipinski definition) is 1. The van der Waals surface area contributed by atoms with E-state index < -0.39 is 17.1 Å². The molecule has 0 atom stereocenters. The highest BCUT2D eigenvalue weighted by Crippen LogP contribution is 2.38. The summed E-state index contributed by atoms with van der Waals surface area (Å²) in [5.41, 5.74) is 1.25. The summed E-state index contributed by atoms with van der Waals surface area (Å²) in [5, 5.41) is 15.1. The van der Waals surface area contributed by atoms with E-state index in [0.717, 1.165) is 11.1 Å². The lowest BCUT2D eigenvalue weighted by Gasteiger charge is -2.27. The quantitative estimate of drug-likeness (QED) is 0.271. The summed E-state index contributed by atoms with van der Waals surface area (Å²) in [7, 11) is 0. The standard InChI is InChI=1S/C27H29Cl2N3O4S/c1-26(2,3)36-25(33)32-22-16-37-23(31-22)15-35-20-8-6-18(7-9-20)27(4,5)19-12-17(14-30)24(21(29)13-19)34-11-10-28/h6-9,12-13,16H,10-11,15H2,1-5H3,(H,32,33). The monoisotopic (exact) mass is 561 g/mol. The van der Waals surface area contributed by atoms with E-state index >= 15 is 0 Å². The van der Waals surface area contributed by atoms with Crippen molar-refractivity contribution in [3.63, 3.8) is 0 Å². The molecule has 0 radical (unpaired) electrons. The minimum absolute atomic E-state index is 0.258. The van der Waals surface area contributed by atoms with Gasteiger partial charge in [-0.2, -0.15) is 5.26 Å². The molecular weight excluding hydrogens is 533 g/mol. The third-order valence-electron chi connectivity index (χ3n) is 5.33. The Morgan fingerprint density at radius 3 is 2.43 bits per heavy atom. The van der Waals surface area contributed by atoms with Crippen molar-refractivity contribution < 1.29 is 19.0 Å². The van der Waals surface area contributed by atoms with Gasteiger partial charge in [0, 0.05) is 10.8 Å². The van der Waals surface area contributed by atoms with Crippen LogP contribution in [0, 0.1) is 11.3 Å². The minimum Gasteiger partial charge on any atom is -0.489 e. The van der Waals surface area contributed by atoms with Crippen LogP contribution in [0.2, 0.25) is 5.02 Å². The summed E-state index contributed by atoms with van der Waals surface area (Å²) in [6, 6.07) is 13.5.